The maximum Gasteiger partial charge on any atom is 0.296 e. The van der Waals surface area contributed by atoms with E-state index in [2.05, 4.69) is 41.4 Å². The van der Waals surface area contributed by atoms with Crippen LogP contribution < -0.4 is 16.0 Å². The lowest BCUT2D eigenvalue weighted by Gasteiger charge is -2.16. The molecule has 34 heteroatoms. The van der Waals surface area contributed by atoms with Gasteiger partial charge < -0.3 is 16.0 Å². The molecule has 0 aliphatic rings. The Labute approximate surface area is 472 Å². The van der Waals surface area contributed by atoms with Crippen molar-refractivity contribution in [1.29, 1.82) is 10.5 Å². The molecule has 0 saturated carbocycles. The molecule has 0 spiro atoms. The van der Waals surface area contributed by atoms with Gasteiger partial charge in [0.25, 0.3) is 56.5 Å². The Morgan fingerprint density at radius 3 is 1.65 bits per heavy atom. The lowest BCUT2D eigenvalue weighted by atomic mass is 10.0. The molecule has 26 nitrogen and oxygen atoms in total. The molecular weight excluding hydrogens is 1220 g/mol. The van der Waals surface area contributed by atoms with E-state index in [0.29, 0.717) is 29.5 Å². The molecule has 0 atom stereocenters. The number of anilines is 5. The molecule has 0 radical (unpaired) electrons. The first-order valence-corrected chi connectivity index (χ1v) is 30.6. The predicted octanol–water partition coefficient (Wildman–Crippen LogP) is 11.1. The van der Waals surface area contributed by atoms with Gasteiger partial charge in [-0.15, -0.1) is 20.5 Å². The number of amides is 1. The van der Waals surface area contributed by atoms with Gasteiger partial charge in [-0.3, -0.25) is 27.6 Å². The number of hydrogen-bond donors (Lipinski definition) is 8. The van der Waals surface area contributed by atoms with E-state index in [0.717, 1.165) is 30.3 Å². The fraction of sp³-hybridized carbons (Fsp3) is 0.0213. The third-order valence-electron chi connectivity index (χ3n) is 11.2. The number of nitriles is 2. The molecule has 2 heterocycles. The molecule has 8 N–H and O–H groups in total. The number of hydrogen-bond acceptors (Lipinski definition) is 21. The van der Waals surface area contributed by atoms with Gasteiger partial charge in [0.05, 0.1) is 26.2 Å². The molecule has 8 aromatic rings. The third kappa shape index (κ3) is 13.0. The maximum absolute atomic E-state index is 13.3. The molecule has 0 bridgehead atoms. The smallest absolute Gasteiger partial charge is 0.296 e. The normalized spacial score (nSPS) is 12.4. The van der Waals surface area contributed by atoms with Gasteiger partial charge in [-0.25, -0.2) is 4.98 Å². The van der Waals surface area contributed by atoms with E-state index in [1.807, 2.05) is 12.1 Å². The van der Waals surface area contributed by atoms with E-state index in [1.165, 1.54) is 43.3 Å². The fourth-order valence-electron chi connectivity index (χ4n) is 7.61. The van der Waals surface area contributed by atoms with Crippen LogP contribution >= 0.6 is 34.5 Å². The lowest BCUT2D eigenvalue weighted by molar-refractivity contribution is 0.102. The number of thiophene rings is 1. The standard InChI is InChI=1S/C47H30Cl2N10O16S6/c1-23-33(21-50)43(52-27-10-12-35(48)39(16-27)80(70,71)72)55-44(53-28-11-13-36(49)40(17-28)81(73,74)75)42(23)57-58-46-34(22-51)41(25-8-5-9-26(14-25)54-45(60)24-6-3-2-4-7-24)47(76-46)59-56-29-15-31-32(37(18-29)78(64,65)66)19-30(77(61,62)63)20-38(31)79(67,68)69/h2-20H,1H3,(H,54,60)(H2,52,53,55)(H,61,62,63)(H,64,65,66)(H,67,68,69)(H,70,71,72)(H,73,74,75). The Morgan fingerprint density at radius 1 is 0.556 bits per heavy atom. The van der Waals surface area contributed by atoms with Crippen molar-refractivity contribution in [3.05, 3.63) is 148 Å². The summed E-state index contributed by atoms with van der Waals surface area (Å²) in [5.41, 5.74) is -1.15. The first kappa shape index (κ1) is 58.9. The van der Waals surface area contributed by atoms with E-state index in [9.17, 15) is 80.2 Å². The summed E-state index contributed by atoms with van der Waals surface area (Å²) < 4.78 is 174. The zero-order valence-electron chi connectivity index (χ0n) is 40.0. The number of nitrogens with zero attached hydrogens (tertiary/aromatic N) is 7. The highest BCUT2D eigenvalue weighted by Gasteiger charge is 2.28. The van der Waals surface area contributed by atoms with Crippen molar-refractivity contribution in [2.75, 3.05) is 16.0 Å². The van der Waals surface area contributed by atoms with Crippen molar-refractivity contribution in [2.24, 2.45) is 20.5 Å². The molecule has 0 aliphatic heterocycles. The Balaban J connectivity index is 1.34. The zero-order valence-corrected chi connectivity index (χ0v) is 46.4. The van der Waals surface area contributed by atoms with E-state index in [4.69, 9.17) is 23.2 Å². The quantitative estimate of drug-likeness (QED) is 0.0329. The van der Waals surface area contributed by atoms with Gasteiger partial charge in [-0.1, -0.05) is 64.9 Å². The second-order valence-corrected chi connectivity index (χ2v) is 25.3. The van der Waals surface area contributed by atoms with Crippen LogP contribution in [0.25, 0.3) is 21.9 Å². The van der Waals surface area contributed by atoms with E-state index in [1.54, 1.807) is 30.3 Å². The van der Waals surface area contributed by atoms with Gasteiger partial charge in [0, 0.05) is 44.5 Å². The van der Waals surface area contributed by atoms with Crippen molar-refractivity contribution >= 4 is 152 Å². The van der Waals surface area contributed by atoms with Crippen molar-refractivity contribution < 1.29 is 69.6 Å². The molecule has 414 valence electrons. The van der Waals surface area contributed by atoms with Gasteiger partial charge in [0.15, 0.2) is 16.6 Å². The summed E-state index contributed by atoms with van der Waals surface area (Å²) in [4.78, 5) is 12.7. The second-order valence-electron chi connectivity index (χ2n) is 16.5. The van der Waals surface area contributed by atoms with Gasteiger partial charge in [-0.05, 0) is 97.4 Å². The average molecular weight is 1250 g/mol. The van der Waals surface area contributed by atoms with Crippen molar-refractivity contribution in [3.8, 4) is 23.3 Å². The Morgan fingerprint density at radius 2 is 1.10 bits per heavy atom. The first-order valence-electron chi connectivity index (χ1n) is 21.8. The summed E-state index contributed by atoms with van der Waals surface area (Å²) in [7, 11) is -26.0. The highest BCUT2D eigenvalue weighted by atomic mass is 35.5. The molecule has 0 aliphatic carbocycles. The first-order chi connectivity index (χ1) is 37.8. The maximum atomic E-state index is 13.3. The molecule has 2 aromatic heterocycles. The second kappa shape index (κ2) is 22.4. The largest absolute Gasteiger partial charge is 0.339 e. The number of pyridine rings is 1. The number of nitrogens with one attached hydrogen (secondary N) is 3. The minimum Gasteiger partial charge on any atom is -0.339 e. The van der Waals surface area contributed by atoms with Gasteiger partial charge in [0.1, 0.15) is 48.0 Å². The van der Waals surface area contributed by atoms with E-state index in [-0.39, 0.29) is 82.8 Å². The average Bonchev–Trinajstić information content (AvgIpc) is 3.93. The summed E-state index contributed by atoms with van der Waals surface area (Å²) in [5, 5.41) is 43.9. The molecule has 6 aromatic carbocycles. The van der Waals surface area contributed by atoms with Crippen LogP contribution in [0.1, 0.15) is 27.0 Å². The number of benzene rings is 6. The molecule has 0 saturated heterocycles. The molecule has 0 unspecified atom stereocenters. The highest BCUT2D eigenvalue weighted by molar-refractivity contribution is 7.87. The summed E-state index contributed by atoms with van der Waals surface area (Å²) in [6.07, 6.45) is 0. The van der Waals surface area contributed by atoms with E-state index >= 15 is 0 Å². The number of rotatable bonds is 16. The molecule has 1 amide bonds. The van der Waals surface area contributed by atoms with Gasteiger partial charge in [0.2, 0.25) is 0 Å². The van der Waals surface area contributed by atoms with Crippen LogP contribution in [0, 0.1) is 29.6 Å². The Kier molecular flexibility index (Phi) is 16.3. The number of halogens is 2. The van der Waals surface area contributed by atoms with Crippen LogP contribution in [0.15, 0.2) is 160 Å². The van der Waals surface area contributed by atoms with Crippen LogP contribution in [0.5, 0.6) is 0 Å². The fourth-order valence-corrected chi connectivity index (χ4v) is 12.6. The SMILES string of the molecule is Cc1c(C#N)c(Nc2ccc(Cl)c(S(=O)(=O)O)c2)nc(Nc2ccc(Cl)c(S(=O)(=O)O)c2)c1N=Nc1sc(N=Nc2cc(S(=O)(=O)O)c3cc(S(=O)(=O)O)cc(S(=O)(=O)O)c3c2)c(-c2cccc(NC(=O)c3ccccc3)c2)c1C#N. The third-order valence-corrected chi connectivity index (χ3v) is 17.4. The summed E-state index contributed by atoms with van der Waals surface area (Å²) in [6.45, 7) is 1.36. The van der Waals surface area contributed by atoms with Crippen LogP contribution in [-0.4, -0.2) is 75.7 Å². The zero-order chi connectivity index (χ0) is 59.1. The minimum absolute atomic E-state index is 0.0369. The van der Waals surface area contributed by atoms with Crippen LogP contribution in [0.3, 0.4) is 0 Å². The summed E-state index contributed by atoms with van der Waals surface area (Å²) in [6, 6.07) is 26.8. The molecule has 8 rings (SSSR count). The van der Waals surface area contributed by atoms with E-state index < -0.39 is 102 Å². The van der Waals surface area contributed by atoms with Crippen molar-refractivity contribution in [2.45, 2.75) is 31.4 Å². The van der Waals surface area contributed by atoms with Crippen LogP contribution in [0.2, 0.25) is 10.0 Å². The molecule has 0 fully saturated rings. The van der Waals surface area contributed by atoms with Gasteiger partial charge in [-0.2, -0.15) is 52.6 Å². The van der Waals surface area contributed by atoms with Crippen molar-refractivity contribution in [3.63, 3.8) is 0 Å². The number of fused-ring (bicyclic) bond motifs is 1. The number of carbonyl (C=O) groups is 1. The molecule has 81 heavy (non-hydrogen) atoms. The lowest BCUT2D eigenvalue weighted by Crippen LogP contribution is -2.11. The Hall–Kier alpha value is -8.19. The molecular formula is C47H30Cl2N10O16S6. The summed E-state index contributed by atoms with van der Waals surface area (Å²) >= 11 is 12.7. The summed E-state index contributed by atoms with van der Waals surface area (Å²) in [5.74, 6) is -1.17. The number of azo groups is 2. The van der Waals surface area contributed by atoms with Crippen LogP contribution in [-0.2, 0) is 50.6 Å². The number of carbonyl (C=O) groups excluding carboxylic acids is 1. The highest BCUT2D eigenvalue weighted by Crippen LogP contribution is 2.49. The van der Waals surface area contributed by atoms with Gasteiger partial charge >= 0.3 is 0 Å². The topological polar surface area (TPSA) is 435 Å². The predicted molar refractivity (Wildman–Crippen MR) is 293 cm³/mol. The monoisotopic (exact) mass is 1250 g/mol. The van der Waals surface area contributed by atoms with Crippen molar-refractivity contribution in [1.82, 2.24) is 4.98 Å². The van der Waals surface area contributed by atoms with Crippen LogP contribution in [0.4, 0.5) is 50.1 Å². The number of aromatic nitrogens is 1. The Bertz CT molecular complexity index is 4750. The minimum atomic E-state index is -5.44.